The molecule has 2 N–H and O–H groups in total. The van der Waals surface area contributed by atoms with Crippen LogP contribution < -0.4 is 5.32 Å². The summed E-state index contributed by atoms with van der Waals surface area (Å²) in [5, 5.41) is 24.3. The molecule has 9 nitrogen and oxygen atoms in total. The quantitative estimate of drug-likeness (QED) is 0.633. The van der Waals surface area contributed by atoms with Crippen molar-refractivity contribution >= 4 is 5.91 Å². The molecule has 1 amide bonds. The average molecular weight is 382 g/mol. The van der Waals surface area contributed by atoms with Gasteiger partial charge in [0.25, 0.3) is 0 Å². The lowest BCUT2D eigenvalue weighted by Gasteiger charge is -2.35. The van der Waals surface area contributed by atoms with E-state index in [-0.39, 0.29) is 24.5 Å². The van der Waals surface area contributed by atoms with Crippen LogP contribution in [-0.2, 0) is 24.9 Å². The lowest BCUT2D eigenvalue weighted by molar-refractivity contribution is -0.122. The maximum absolute atomic E-state index is 12.2. The zero-order valence-corrected chi connectivity index (χ0v) is 15.6. The van der Waals surface area contributed by atoms with Crippen LogP contribution in [-0.4, -0.2) is 42.0 Å². The number of nitrogens with one attached hydrogen (secondary N) is 1. The second-order valence-electron chi connectivity index (χ2n) is 7.00. The van der Waals surface area contributed by atoms with E-state index in [1.165, 1.54) is 0 Å². The minimum atomic E-state index is -0.127. The van der Waals surface area contributed by atoms with E-state index in [0.717, 1.165) is 24.2 Å². The molecule has 1 aliphatic rings. The topological polar surface area (TPSA) is 119 Å². The van der Waals surface area contributed by atoms with Crippen molar-refractivity contribution in [3.05, 3.63) is 47.9 Å². The van der Waals surface area contributed by atoms with E-state index in [4.69, 9.17) is 4.52 Å². The third kappa shape index (κ3) is 3.79. The van der Waals surface area contributed by atoms with Gasteiger partial charge in [0.15, 0.2) is 5.82 Å². The van der Waals surface area contributed by atoms with Crippen LogP contribution in [0.25, 0.3) is 11.4 Å². The van der Waals surface area contributed by atoms with Crippen LogP contribution in [0, 0.1) is 0 Å². The fraction of sp³-hybridized carbons (Fsp3) is 0.421. The predicted molar refractivity (Wildman–Crippen MR) is 98.9 cm³/mol. The van der Waals surface area contributed by atoms with Crippen molar-refractivity contribution in [3.8, 4) is 11.4 Å². The molecule has 1 saturated carbocycles. The summed E-state index contributed by atoms with van der Waals surface area (Å²) < 4.78 is 7.06. The minimum absolute atomic E-state index is 0.0306. The van der Waals surface area contributed by atoms with Crippen molar-refractivity contribution in [2.24, 2.45) is 7.05 Å². The summed E-state index contributed by atoms with van der Waals surface area (Å²) in [4.78, 5) is 16.5. The van der Waals surface area contributed by atoms with E-state index in [0.29, 0.717) is 30.4 Å². The number of aryl methyl sites for hydroxylation is 1. The van der Waals surface area contributed by atoms with Gasteiger partial charge in [0.1, 0.15) is 12.4 Å². The van der Waals surface area contributed by atoms with Gasteiger partial charge in [-0.2, -0.15) is 4.98 Å². The third-order valence-electron chi connectivity index (χ3n) is 5.07. The molecule has 0 radical (unpaired) electrons. The van der Waals surface area contributed by atoms with Crippen LogP contribution in [0.3, 0.4) is 0 Å². The molecule has 2 aromatic heterocycles. The van der Waals surface area contributed by atoms with E-state index in [1.54, 1.807) is 0 Å². The van der Waals surface area contributed by atoms with Gasteiger partial charge in [0.05, 0.1) is 0 Å². The third-order valence-corrected chi connectivity index (χ3v) is 5.07. The van der Waals surface area contributed by atoms with Crippen LogP contribution in [0.5, 0.6) is 0 Å². The smallest absolute Gasteiger partial charge is 0.227 e. The van der Waals surface area contributed by atoms with Crippen LogP contribution in [0.2, 0.25) is 0 Å². The first-order valence-electron chi connectivity index (χ1n) is 9.30. The highest BCUT2D eigenvalue weighted by Gasteiger charge is 2.34. The van der Waals surface area contributed by atoms with E-state index >= 15 is 0 Å². The second-order valence-corrected chi connectivity index (χ2v) is 7.00. The lowest BCUT2D eigenvalue weighted by atomic mass is 9.79. The second kappa shape index (κ2) is 7.89. The minimum Gasteiger partial charge on any atom is -0.388 e. The van der Waals surface area contributed by atoms with E-state index < -0.39 is 0 Å². The van der Waals surface area contributed by atoms with Crippen molar-refractivity contribution in [1.82, 2.24) is 30.2 Å². The summed E-state index contributed by atoms with van der Waals surface area (Å²) in [6.07, 6.45) is 2.35. The van der Waals surface area contributed by atoms with Gasteiger partial charge in [-0.3, -0.25) is 4.79 Å². The molecule has 3 aromatic rings. The number of aliphatic hydroxyl groups is 1. The monoisotopic (exact) mass is 382 g/mol. The molecule has 0 atom stereocenters. The normalized spacial score (nSPS) is 18.6. The van der Waals surface area contributed by atoms with Crippen molar-refractivity contribution in [3.63, 3.8) is 0 Å². The number of aliphatic hydroxyl groups excluding tert-OH is 1. The van der Waals surface area contributed by atoms with Gasteiger partial charge >= 0.3 is 0 Å². The maximum Gasteiger partial charge on any atom is 0.227 e. The lowest BCUT2D eigenvalue weighted by Crippen LogP contribution is -2.44. The van der Waals surface area contributed by atoms with Crippen LogP contribution in [0.1, 0.15) is 42.7 Å². The molecule has 0 saturated heterocycles. The summed E-state index contributed by atoms with van der Waals surface area (Å²) >= 11 is 0. The molecule has 0 unspecified atom stereocenters. The molecule has 9 heteroatoms. The first-order valence-corrected chi connectivity index (χ1v) is 9.30. The molecular formula is C19H22N6O3. The first kappa shape index (κ1) is 18.3. The van der Waals surface area contributed by atoms with Crippen molar-refractivity contribution in [2.75, 3.05) is 0 Å². The molecule has 146 valence electrons. The van der Waals surface area contributed by atoms with E-state index in [1.807, 2.05) is 41.9 Å². The van der Waals surface area contributed by atoms with Crippen molar-refractivity contribution in [1.29, 1.82) is 0 Å². The maximum atomic E-state index is 12.2. The molecular weight excluding hydrogens is 360 g/mol. The van der Waals surface area contributed by atoms with Crippen molar-refractivity contribution < 1.29 is 14.4 Å². The number of aromatic nitrogens is 5. The summed E-state index contributed by atoms with van der Waals surface area (Å²) in [5.41, 5.74) is 0.885. The van der Waals surface area contributed by atoms with Gasteiger partial charge in [-0.15, -0.1) is 10.2 Å². The summed E-state index contributed by atoms with van der Waals surface area (Å²) in [5.74, 6) is 2.62. The fourth-order valence-electron chi connectivity index (χ4n) is 3.40. The van der Waals surface area contributed by atoms with Gasteiger partial charge in [0, 0.05) is 37.4 Å². The van der Waals surface area contributed by atoms with Gasteiger partial charge in [0.2, 0.25) is 17.6 Å². The molecule has 0 aliphatic heterocycles. The number of amides is 1. The molecule has 1 aliphatic carbocycles. The Labute approximate surface area is 161 Å². The van der Waals surface area contributed by atoms with Crippen molar-refractivity contribution in [2.45, 2.75) is 44.2 Å². The van der Waals surface area contributed by atoms with Crippen LogP contribution in [0.4, 0.5) is 0 Å². The Kier molecular flexibility index (Phi) is 5.16. The standard InChI is InChI=1S/C19H22N6O3/c1-25-15(11-26)22-23-19(25)13-9-14(10-13)20-16(27)7-8-17-21-18(24-28-17)12-5-3-2-4-6-12/h2-6,13-14,26H,7-11H2,1H3,(H,20,27). The summed E-state index contributed by atoms with van der Waals surface area (Å²) in [7, 11) is 1.85. The zero-order valence-electron chi connectivity index (χ0n) is 15.6. The Morgan fingerprint density at radius 1 is 1.29 bits per heavy atom. The Morgan fingerprint density at radius 3 is 2.79 bits per heavy atom. The van der Waals surface area contributed by atoms with Gasteiger partial charge in [-0.05, 0) is 12.8 Å². The molecule has 4 rings (SSSR count). The molecule has 0 spiro atoms. The van der Waals surface area contributed by atoms with Gasteiger partial charge in [-0.1, -0.05) is 35.5 Å². The number of hydrogen-bond acceptors (Lipinski definition) is 7. The van der Waals surface area contributed by atoms with Crippen LogP contribution in [0.15, 0.2) is 34.9 Å². The van der Waals surface area contributed by atoms with E-state index in [9.17, 15) is 9.90 Å². The molecule has 1 fully saturated rings. The fourth-order valence-corrected chi connectivity index (χ4v) is 3.40. The Bertz CT molecular complexity index is 946. The number of carbonyl (C=O) groups is 1. The average Bonchev–Trinajstić information content (AvgIpc) is 3.30. The summed E-state index contributed by atoms with van der Waals surface area (Å²) in [6, 6.07) is 9.71. The summed E-state index contributed by atoms with van der Waals surface area (Å²) in [6.45, 7) is -0.127. The molecule has 2 heterocycles. The van der Waals surface area contributed by atoms with Crippen LogP contribution >= 0.6 is 0 Å². The van der Waals surface area contributed by atoms with Gasteiger partial charge in [-0.25, -0.2) is 0 Å². The first-order chi connectivity index (χ1) is 13.6. The molecule has 1 aromatic carbocycles. The Morgan fingerprint density at radius 2 is 2.07 bits per heavy atom. The number of carbonyl (C=O) groups excluding carboxylic acids is 1. The number of rotatable bonds is 7. The Balaban J connectivity index is 1.23. The SMILES string of the molecule is Cn1c(CO)nnc1C1CC(NC(=O)CCc2nc(-c3ccccc3)no2)C1. The highest BCUT2D eigenvalue weighted by Crippen LogP contribution is 2.35. The highest BCUT2D eigenvalue weighted by atomic mass is 16.5. The van der Waals surface area contributed by atoms with E-state index in [2.05, 4.69) is 25.7 Å². The van der Waals surface area contributed by atoms with Gasteiger partial charge < -0.3 is 19.5 Å². The number of nitrogens with zero attached hydrogens (tertiary/aromatic N) is 5. The number of hydrogen-bond donors (Lipinski definition) is 2. The molecule has 28 heavy (non-hydrogen) atoms. The Hall–Kier alpha value is -3.07. The highest BCUT2D eigenvalue weighted by molar-refractivity contribution is 5.76. The zero-order chi connectivity index (χ0) is 19.5. The number of benzene rings is 1. The predicted octanol–water partition coefficient (Wildman–Crippen LogP) is 1.35. The molecule has 0 bridgehead atoms. The largest absolute Gasteiger partial charge is 0.388 e.